The molecule has 8 nitrogen and oxygen atoms in total. The third-order valence-corrected chi connectivity index (χ3v) is 4.70. The van der Waals surface area contributed by atoms with Gasteiger partial charge in [-0.3, -0.25) is 14.3 Å². The molecule has 0 aliphatic heterocycles. The molecule has 2 N–H and O–H groups in total. The van der Waals surface area contributed by atoms with Crippen molar-refractivity contribution < 1.29 is 14.3 Å². The van der Waals surface area contributed by atoms with Crippen LogP contribution in [0.15, 0.2) is 42.6 Å². The lowest BCUT2D eigenvalue weighted by Crippen LogP contribution is -2.24. The number of imidazole rings is 1. The average molecular weight is 409 g/mol. The third-order valence-electron chi connectivity index (χ3n) is 4.70. The van der Waals surface area contributed by atoms with Crippen molar-refractivity contribution in [3.8, 4) is 5.75 Å². The van der Waals surface area contributed by atoms with Gasteiger partial charge in [0.25, 0.3) is 5.91 Å². The van der Waals surface area contributed by atoms with Gasteiger partial charge in [0.05, 0.1) is 19.4 Å². The van der Waals surface area contributed by atoms with Gasteiger partial charge in [0.1, 0.15) is 24.0 Å². The average Bonchev–Trinajstić information content (AvgIpc) is 3.12. The number of anilines is 2. The number of carbonyl (C=O) groups is 1. The fraction of sp³-hybridized carbons (Fsp3) is 0.318. The molecule has 0 aliphatic carbocycles. The maximum absolute atomic E-state index is 12.7. The van der Waals surface area contributed by atoms with E-state index in [-0.39, 0.29) is 12.6 Å². The number of carbonyl (C=O) groups excluding carboxylic acids is 1. The van der Waals surface area contributed by atoms with Crippen molar-refractivity contribution in [3.05, 3.63) is 65.4 Å². The molecule has 158 valence electrons. The topological polar surface area (TPSA) is 90.3 Å². The number of nitrogens with zero attached hydrogens (tertiary/aromatic N) is 3. The first-order valence-electron chi connectivity index (χ1n) is 9.78. The van der Waals surface area contributed by atoms with Gasteiger partial charge in [0.15, 0.2) is 11.5 Å². The Balaban J connectivity index is 1.93. The number of methoxy groups -OCH3 is 1. The number of rotatable bonds is 9. The second-order valence-electron chi connectivity index (χ2n) is 6.65. The maximum atomic E-state index is 12.7. The highest BCUT2D eigenvalue weighted by atomic mass is 16.5. The zero-order chi connectivity index (χ0) is 21.5. The quantitative estimate of drug-likeness (QED) is 0.563. The number of ether oxygens (including phenoxy) is 2. The minimum Gasteiger partial charge on any atom is -0.494 e. The first-order valence-corrected chi connectivity index (χ1v) is 9.78. The summed E-state index contributed by atoms with van der Waals surface area (Å²) in [5, 5.41) is 5.94. The molecule has 0 unspecified atom stereocenters. The summed E-state index contributed by atoms with van der Waals surface area (Å²) in [6, 6.07) is 11.7. The molecule has 0 saturated carbocycles. The van der Waals surface area contributed by atoms with Crippen molar-refractivity contribution in [2.75, 3.05) is 19.5 Å². The number of aromatic nitrogens is 3. The molecule has 0 radical (unpaired) electrons. The Morgan fingerprint density at radius 3 is 2.63 bits per heavy atom. The van der Waals surface area contributed by atoms with E-state index in [1.165, 1.54) is 0 Å². The monoisotopic (exact) mass is 409 g/mol. The summed E-state index contributed by atoms with van der Waals surface area (Å²) in [6.45, 7) is 4.50. The van der Waals surface area contributed by atoms with Crippen molar-refractivity contribution in [2.24, 2.45) is 0 Å². The summed E-state index contributed by atoms with van der Waals surface area (Å²) < 4.78 is 13.1. The Hall–Kier alpha value is -3.39. The van der Waals surface area contributed by atoms with Crippen molar-refractivity contribution in [1.29, 1.82) is 0 Å². The molecule has 0 bridgehead atoms. The van der Waals surface area contributed by atoms with Crippen LogP contribution in [0.3, 0.4) is 0 Å². The van der Waals surface area contributed by atoms with Gasteiger partial charge < -0.3 is 20.1 Å². The van der Waals surface area contributed by atoms with Crippen LogP contribution in [-0.4, -0.2) is 34.6 Å². The van der Waals surface area contributed by atoms with E-state index in [4.69, 9.17) is 9.47 Å². The highest BCUT2D eigenvalue weighted by Gasteiger charge is 2.23. The lowest BCUT2D eigenvalue weighted by Gasteiger charge is -2.14. The van der Waals surface area contributed by atoms with Crippen LogP contribution in [0.25, 0.3) is 0 Å². The molecule has 8 heteroatoms. The number of hydrogen-bond acceptors (Lipinski definition) is 6. The minimum atomic E-state index is -0.256. The molecule has 3 aromatic rings. The Bertz CT molecular complexity index is 1000. The van der Waals surface area contributed by atoms with Crippen molar-refractivity contribution in [2.45, 2.75) is 33.6 Å². The molecule has 1 amide bonds. The number of hydrogen-bond donors (Lipinski definition) is 2. The lowest BCUT2D eigenvalue weighted by molar-refractivity contribution is 0.0589. The van der Waals surface area contributed by atoms with Gasteiger partial charge >= 0.3 is 0 Å². The molecule has 3 rings (SSSR count). The molecule has 1 aromatic carbocycles. The van der Waals surface area contributed by atoms with Crippen LogP contribution >= 0.6 is 0 Å². The van der Waals surface area contributed by atoms with E-state index >= 15 is 0 Å². The molecule has 30 heavy (non-hydrogen) atoms. The van der Waals surface area contributed by atoms with E-state index in [1.54, 1.807) is 31.0 Å². The smallest absolute Gasteiger partial charge is 0.271 e. The van der Waals surface area contributed by atoms with Crippen LogP contribution in [-0.2, 0) is 24.5 Å². The van der Waals surface area contributed by atoms with Gasteiger partial charge in [-0.2, -0.15) is 0 Å². The van der Waals surface area contributed by atoms with Crippen LogP contribution in [0.2, 0.25) is 0 Å². The second kappa shape index (κ2) is 9.89. The van der Waals surface area contributed by atoms with E-state index in [2.05, 4.69) is 20.6 Å². The van der Waals surface area contributed by atoms with Gasteiger partial charge in [-0.05, 0) is 12.5 Å². The van der Waals surface area contributed by atoms with Crippen LogP contribution in [0, 0.1) is 6.92 Å². The highest BCUT2D eigenvalue weighted by molar-refractivity contribution is 5.98. The standard InChI is InChI=1S/C22H27N5O3/c1-5-18-25-21(26-19-15(2)24-12-11-17(19)29-4)20(22(28)23-3)27(18)14-30-13-16-9-7-6-8-10-16/h6-12,26H,5,13-14H2,1-4H3,(H,23,28). The summed E-state index contributed by atoms with van der Waals surface area (Å²) in [5.74, 6) is 1.54. The van der Waals surface area contributed by atoms with E-state index in [1.807, 2.05) is 44.2 Å². The van der Waals surface area contributed by atoms with Gasteiger partial charge in [-0.1, -0.05) is 37.3 Å². The Labute approximate surface area is 176 Å². The first-order chi connectivity index (χ1) is 14.6. The Kier molecular flexibility index (Phi) is 7.03. The fourth-order valence-corrected chi connectivity index (χ4v) is 3.16. The second-order valence-corrected chi connectivity index (χ2v) is 6.65. The highest BCUT2D eigenvalue weighted by Crippen LogP contribution is 2.31. The van der Waals surface area contributed by atoms with Gasteiger partial charge in [0, 0.05) is 25.7 Å². The summed E-state index contributed by atoms with van der Waals surface area (Å²) in [6.07, 6.45) is 2.32. The van der Waals surface area contributed by atoms with Gasteiger partial charge in [-0.15, -0.1) is 0 Å². The van der Waals surface area contributed by atoms with E-state index < -0.39 is 0 Å². The third kappa shape index (κ3) is 4.60. The van der Waals surface area contributed by atoms with Crippen LogP contribution in [0.5, 0.6) is 5.75 Å². The minimum absolute atomic E-state index is 0.207. The molecule has 0 saturated heterocycles. The number of aryl methyl sites for hydroxylation is 2. The molecule has 2 heterocycles. The van der Waals surface area contributed by atoms with Crippen LogP contribution < -0.4 is 15.4 Å². The number of nitrogens with one attached hydrogen (secondary N) is 2. The predicted molar refractivity (Wildman–Crippen MR) is 115 cm³/mol. The van der Waals surface area contributed by atoms with E-state index in [0.29, 0.717) is 36.0 Å². The summed E-state index contributed by atoms with van der Waals surface area (Å²) in [7, 11) is 3.18. The number of pyridine rings is 1. The summed E-state index contributed by atoms with van der Waals surface area (Å²) in [5.41, 5.74) is 2.87. The number of amides is 1. The summed E-state index contributed by atoms with van der Waals surface area (Å²) in [4.78, 5) is 21.7. The molecule has 2 aromatic heterocycles. The molecular formula is C22H27N5O3. The number of benzene rings is 1. The van der Waals surface area contributed by atoms with Crippen molar-refractivity contribution >= 4 is 17.4 Å². The normalized spacial score (nSPS) is 10.7. The molecule has 0 atom stereocenters. The molecular weight excluding hydrogens is 382 g/mol. The Morgan fingerprint density at radius 2 is 1.97 bits per heavy atom. The lowest BCUT2D eigenvalue weighted by atomic mass is 10.2. The fourth-order valence-electron chi connectivity index (χ4n) is 3.16. The zero-order valence-corrected chi connectivity index (χ0v) is 17.7. The van der Waals surface area contributed by atoms with Crippen molar-refractivity contribution in [1.82, 2.24) is 19.9 Å². The van der Waals surface area contributed by atoms with Gasteiger partial charge in [0.2, 0.25) is 0 Å². The largest absolute Gasteiger partial charge is 0.494 e. The maximum Gasteiger partial charge on any atom is 0.271 e. The SMILES string of the molecule is CCc1nc(Nc2c(OC)ccnc2C)c(C(=O)NC)n1COCc1ccccc1. The predicted octanol–water partition coefficient (Wildman–Crippen LogP) is 3.44. The van der Waals surface area contributed by atoms with E-state index in [9.17, 15) is 4.79 Å². The molecule has 0 aliphatic rings. The first kappa shape index (κ1) is 21.3. The van der Waals surface area contributed by atoms with Crippen LogP contribution in [0.1, 0.15) is 34.5 Å². The molecule has 0 fully saturated rings. The van der Waals surface area contributed by atoms with Crippen LogP contribution in [0.4, 0.5) is 11.5 Å². The zero-order valence-electron chi connectivity index (χ0n) is 17.7. The Morgan fingerprint density at radius 1 is 1.20 bits per heavy atom. The molecule has 0 spiro atoms. The summed E-state index contributed by atoms with van der Waals surface area (Å²) >= 11 is 0. The van der Waals surface area contributed by atoms with Gasteiger partial charge in [-0.25, -0.2) is 4.98 Å². The van der Waals surface area contributed by atoms with Crippen molar-refractivity contribution in [3.63, 3.8) is 0 Å². The van der Waals surface area contributed by atoms with E-state index in [0.717, 1.165) is 17.1 Å².